The van der Waals surface area contributed by atoms with Crippen LogP contribution in [0.25, 0.3) is 5.69 Å². The number of amides is 1. The Labute approximate surface area is 141 Å². The van der Waals surface area contributed by atoms with Crippen molar-refractivity contribution < 1.29 is 24.4 Å². The van der Waals surface area contributed by atoms with Gasteiger partial charge in [0.2, 0.25) is 0 Å². The fourth-order valence-electron chi connectivity index (χ4n) is 2.07. The number of nitrogens with one attached hydrogen (secondary N) is 1. The van der Waals surface area contributed by atoms with Gasteiger partial charge in [0.1, 0.15) is 24.4 Å². The summed E-state index contributed by atoms with van der Waals surface area (Å²) >= 11 is 0. The van der Waals surface area contributed by atoms with Gasteiger partial charge in [-0.05, 0) is 12.1 Å². The van der Waals surface area contributed by atoms with Crippen molar-refractivity contribution in [2.75, 3.05) is 13.7 Å². The lowest BCUT2D eigenvalue weighted by atomic mass is 10.1. The molecule has 0 fully saturated rings. The van der Waals surface area contributed by atoms with Crippen LogP contribution in [-0.4, -0.2) is 56.4 Å². The number of nitrogens with zero attached hydrogens (tertiary/aromatic N) is 4. The summed E-state index contributed by atoms with van der Waals surface area (Å²) in [5.74, 6) is -1.96. The summed E-state index contributed by atoms with van der Waals surface area (Å²) in [6, 6.07) is 2.57. The van der Waals surface area contributed by atoms with Crippen LogP contribution in [0.1, 0.15) is 16.8 Å². The van der Waals surface area contributed by atoms with E-state index in [9.17, 15) is 19.7 Å². The summed E-state index contributed by atoms with van der Waals surface area (Å²) < 4.78 is 5.99. The Kier molecular flexibility index (Phi) is 5.74. The van der Waals surface area contributed by atoms with E-state index in [1.165, 1.54) is 36.6 Å². The van der Waals surface area contributed by atoms with Crippen LogP contribution >= 0.6 is 0 Å². The molecule has 0 radical (unpaired) electrons. The van der Waals surface area contributed by atoms with Crippen LogP contribution in [0, 0.1) is 10.1 Å². The Morgan fingerprint density at radius 2 is 2.24 bits per heavy atom. The molecule has 1 atom stereocenters. The molecule has 2 N–H and O–H groups in total. The van der Waals surface area contributed by atoms with Gasteiger partial charge in [0, 0.05) is 31.8 Å². The molecular formula is C14H15N5O6. The summed E-state index contributed by atoms with van der Waals surface area (Å²) in [5, 5.41) is 26.5. The zero-order chi connectivity index (χ0) is 18.4. The highest BCUT2D eigenvalue weighted by atomic mass is 16.6. The summed E-state index contributed by atoms with van der Waals surface area (Å²) in [4.78, 5) is 37.7. The molecule has 2 rings (SSSR count). The molecule has 0 saturated carbocycles. The lowest BCUT2D eigenvalue weighted by Gasteiger charge is -2.14. The monoisotopic (exact) mass is 349 g/mol. The lowest BCUT2D eigenvalue weighted by molar-refractivity contribution is -0.384. The molecule has 132 valence electrons. The third kappa shape index (κ3) is 4.35. The number of methoxy groups -OCH3 is 1. The molecule has 0 aliphatic heterocycles. The van der Waals surface area contributed by atoms with Gasteiger partial charge in [-0.15, -0.1) is 0 Å². The van der Waals surface area contributed by atoms with Gasteiger partial charge in [-0.3, -0.25) is 14.9 Å². The maximum atomic E-state index is 12.2. The number of hydrogen-bond donors (Lipinski definition) is 2. The molecule has 0 saturated heterocycles. The molecule has 1 amide bonds. The first-order chi connectivity index (χ1) is 11.9. The van der Waals surface area contributed by atoms with Crippen LogP contribution in [0.5, 0.6) is 0 Å². The van der Waals surface area contributed by atoms with Crippen LogP contribution in [0.15, 0.2) is 30.9 Å². The van der Waals surface area contributed by atoms with Crippen molar-refractivity contribution in [2.45, 2.75) is 12.5 Å². The number of benzene rings is 1. The van der Waals surface area contributed by atoms with Gasteiger partial charge < -0.3 is 15.2 Å². The third-order valence-corrected chi connectivity index (χ3v) is 3.31. The van der Waals surface area contributed by atoms with Crippen molar-refractivity contribution in [2.24, 2.45) is 0 Å². The number of aliphatic carboxylic acids is 1. The van der Waals surface area contributed by atoms with Crippen molar-refractivity contribution in [3.8, 4) is 5.69 Å². The Morgan fingerprint density at radius 3 is 2.80 bits per heavy atom. The van der Waals surface area contributed by atoms with Gasteiger partial charge in [0.15, 0.2) is 0 Å². The van der Waals surface area contributed by atoms with E-state index < -0.39 is 22.8 Å². The van der Waals surface area contributed by atoms with Crippen molar-refractivity contribution in [1.29, 1.82) is 0 Å². The van der Waals surface area contributed by atoms with Crippen LogP contribution < -0.4 is 5.32 Å². The van der Waals surface area contributed by atoms with Crippen molar-refractivity contribution in [3.63, 3.8) is 0 Å². The predicted octanol–water partition coefficient (Wildman–Crippen LogP) is 0.395. The minimum absolute atomic E-state index is 0.0424. The van der Waals surface area contributed by atoms with Gasteiger partial charge in [-0.1, -0.05) is 0 Å². The minimum Gasteiger partial charge on any atom is -0.480 e. The van der Waals surface area contributed by atoms with E-state index in [0.29, 0.717) is 0 Å². The summed E-state index contributed by atoms with van der Waals surface area (Å²) in [7, 11) is 1.41. The summed E-state index contributed by atoms with van der Waals surface area (Å²) in [6.07, 6.45) is 2.57. The first-order valence-corrected chi connectivity index (χ1v) is 7.10. The highest BCUT2D eigenvalue weighted by Gasteiger charge is 2.23. The quantitative estimate of drug-likeness (QED) is 0.513. The molecule has 1 aromatic carbocycles. The molecule has 25 heavy (non-hydrogen) atoms. The second-order valence-electron chi connectivity index (χ2n) is 4.95. The average Bonchev–Trinajstić information content (AvgIpc) is 3.11. The molecule has 1 unspecified atom stereocenters. The van der Waals surface area contributed by atoms with Gasteiger partial charge in [-0.2, -0.15) is 5.10 Å². The second kappa shape index (κ2) is 7.97. The van der Waals surface area contributed by atoms with Crippen molar-refractivity contribution in [1.82, 2.24) is 20.1 Å². The Bertz CT molecular complexity index is 776. The minimum atomic E-state index is -1.22. The summed E-state index contributed by atoms with van der Waals surface area (Å²) in [6.45, 7) is 0.141. The van der Waals surface area contributed by atoms with Crippen LogP contribution in [-0.2, 0) is 9.53 Å². The largest absolute Gasteiger partial charge is 0.480 e. The lowest BCUT2D eigenvalue weighted by Crippen LogP contribution is -2.41. The van der Waals surface area contributed by atoms with Gasteiger partial charge in [-0.25, -0.2) is 14.5 Å². The zero-order valence-electron chi connectivity index (χ0n) is 13.2. The van der Waals surface area contributed by atoms with E-state index in [4.69, 9.17) is 9.84 Å². The Morgan fingerprint density at radius 1 is 1.48 bits per heavy atom. The smallest absolute Gasteiger partial charge is 0.326 e. The van der Waals surface area contributed by atoms with E-state index in [0.717, 1.165) is 6.07 Å². The number of aromatic nitrogens is 3. The predicted molar refractivity (Wildman–Crippen MR) is 83.4 cm³/mol. The fraction of sp³-hybridized carbons (Fsp3) is 0.286. The van der Waals surface area contributed by atoms with Crippen molar-refractivity contribution in [3.05, 3.63) is 46.5 Å². The van der Waals surface area contributed by atoms with E-state index in [1.54, 1.807) is 0 Å². The molecule has 1 aromatic heterocycles. The molecule has 0 bridgehead atoms. The number of carboxylic acid groups (broad SMARTS) is 1. The topological polar surface area (TPSA) is 149 Å². The van der Waals surface area contributed by atoms with Gasteiger partial charge in [0.25, 0.3) is 11.6 Å². The number of nitro benzene ring substituents is 1. The number of hydrogen-bond acceptors (Lipinski definition) is 7. The molecule has 0 spiro atoms. The molecule has 0 aliphatic rings. The maximum absolute atomic E-state index is 12.2. The van der Waals surface area contributed by atoms with Crippen LogP contribution in [0.2, 0.25) is 0 Å². The van der Waals surface area contributed by atoms with E-state index in [2.05, 4.69) is 15.4 Å². The number of carbonyl (C=O) groups is 2. The van der Waals surface area contributed by atoms with Crippen molar-refractivity contribution >= 4 is 17.6 Å². The number of carbonyl (C=O) groups excluding carboxylic acids is 1. The fourth-order valence-corrected chi connectivity index (χ4v) is 2.07. The summed E-state index contributed by atoms with van der Waals surface area (Å²) in [5.41, 5.74) is -0.269. The zero-order valence-corrected chi connectivity index (χ0v) is 13.2. The average molecular weight is 349 g/mol. The molecule has 1 heterocycles. The SMILES string of the molecule is COCCC(NC(=O)c1ccc(-n2cncn2)c([N+](=O)[O-])c1)C(=O)O. The maximum Gasteiger partial charge on any atom is 0.326 e. The highest BCUT2D eigenvalue weighted by Crippen LogP contribution is 2.23. The number of carboxylic acids is 1. The number of rotatable bonds is 8. The first kappa shape index (κ1) is 18.0. The Balaban J connectivity index is 2.27. The van der Waals surface area contributed by atoms with Crippen LogP contribution in [0.4, 0.5) is 5.69 Å². The van der Waals surface area contributed by atoms with E-state index >= 15 is 0 Å². The first-order valence-electron chi connectivity index (χ1n) is 7.10. The molecule has 11 heteroatoms. The Hall–Kier alpha value is -3.34. The molecule has 0 aliphatic carbocycles. The highest BCUT2D eigenvalue weighted by molar-refractivity contribution is 5.97. The molecule has 11 nitrogen and oxygen atoms in total. The molecular weight excluding hydrogens is 334 g/mol. The van der Waals surface area contributed by atoms with Crippen LogP contribution in [0.3, 0.4) is 0 Å². The second-order valence-corrected chi connectivity index (χ2v) is 4.95. The third-order valence-electron chi connectivity index (χ3n) is 3.31. The number of nitro groups is 1. The standard InChI is InChI=1S/C14H15N5O6/c1-25-5-4-10(14(21)22)17-13(20)9-2-3-11(12(6-9)19(23)24)18-8-15-7-16-18/h2-3,6-8,10H,4-5H2,1H3,(H,17,20)(H,21,22). The van der Waals surface area contributed by atoms with Gasteiger partial charge in [0.05, 0.1) is 4.92 Å². The molecule has 2 aromatic rings. The van der Waals surface area contributed by atoms with E-state index in [1.807, 2.05) is 0 Å². The van der Waals surface area contributed by atoms with Gasteiger partial charge >= 0.3 is 5.97 Å². The normalized spacial score (nSPS) is 11.7. The van der Waals surface area contributed by atoms with E-state index in [-0.39, 0.29) is 30.0 Å². The number of ether oxygens (including phenoxy) is 1.